The van der Waals surface area contributed by atoms with Gasteiger partial charge in [0.1, 0.15) is 0 Å². The molecule has 0 heterocycles. The fourth-order valence-corrected chi connectivity index (χ4v) is 8.82. The summed E-state index contributed by atoms with van der Waals surface area (Å²) in [5.41, 5.74) is 0. The molecule has 16 heavy (non-hydrogen) atoms. The molecule has 0 aliphatic heterocycles. The predicted octanol–water partition coefficient (Wildman–Crippen LogP) is 3.42. The van der Waals surface area contributed by atoms with Crippen LogP contribution < -0.4 is 0 Å². The van der Waals surface area contributed by atoms with Crippen molar-refractivity contribution in [2.45, 2.75) is 30.9 Å². The second kappa shape index (κ2) is 5.61. The predicted molar refractivity (Wildman–Crippen MR) is 62.6 cm³/mol. The molecule has 0 saturated carbocycles. The van der Waals surface area contributed by atoms with Gasteiger partial charge >= 0.3 is 101 Å². The van der Waals surface area contributed by atoms with E-state index in [0.29, 0.717) is 0 Å². The van der Waals surface area contributed by atoms with Gasteiger partial charge < -0.3 is 0 Å². The number of hydrogen-bond acceptors (Lipinski definition) is 3. The van der Waals surface area contributed by atoms with Crippen LogP contribution in [0.15, 0.2) is 22.1 Å². The topological polar surface area (TPSA) is 27.7 Å². The molecule has 0 aromatic rings. The van der Waals surface area contributed by atoms with Crippen molar-refractivity contribution in [3.63, 3.8) is 0 Å². The molecule has 0 N–H and O–H groups in total. The molecule has 0 amide bonds. The molecule has 0 atom stereocenters. The van der Waals surface area contributed by atoms with Crippen LogP contribution in [0, 0.1) is 0 Å². The molecule has 0 radical (unpaired) electrons. The van der Waals surface area contributed by atoms with Crippen molar-refractivity contribution >= 4 is 0 Å². The first-order chi connectivity index (χ1) is 7.67. The average molecular weight is 263 g/mol. The molecule has 0 aromatic carbocycles. The Morgan fingerprint density at radius 2 is 1.81 bits per heavy atom. The summed E-state index contributed by atoms with van der Waals surface area (Å²) in [6.07, 6.45) is 9.38. The summed E-state index contributed by atoms with van der Waals surface area (Å²) in [6, 6.07) is 0. The van der Waals surface area contributed by atoms with Gasteiger partial charge in [0.25, 0.3) is 0 Å². The minimum atomic E-state index is -3.80. The van der Waals surface area contributed by atoms with E-state index in [1.807, 2.05) is 0 Å². The van der Waals surface area contributed by atoms with Gasteiger partial charge in [0.2, 0.25) is 0 Å². The van der Waals surface area contributed by atoms with Gasteiger partial charge in [-0.25, -0.2) is 0 Å². The molecular weight excluding hydrogens is 240 g/mol. The molecule has 0 unspecified atom stereocenters. The van der Waals surface area contributed by atoms with Gasteiger partial charge in [-0.2, -0.15) is 0 Å². The van der Waals surface area contributed by atoms with Crippen LogP contribution in [0.3, 0.4) is 0 Å². The van der Waals surface area contributed by atoms with E-state index in [9.17, 15) is 0 Å². The maximum absolute atomic E-state index is 5.85. The van der Waals surface area contributed by atoms with Crippen LogP contribution in [0.25, 0.3) is 0 Å². The summed E-state index contributed by atoms with van der Waals surface area (Å²) >= 11 is -3.80. The van der Waals surface area contributed by atoms with Crippen LogP contribution in [0.1, 0.15) is 26.2 Å². The van der Waals surface area contributed by atoms with Crippen molar-refractivity contribution in [3.05, 3.63) is 22.1 Å². The summed E-state index contributed by atoms with van der Waals surface area (Å²) < 4.78 is 19.7. The molecule has 3 nitrogen and oxygen atoms in total. The molecule has 0 bridgehead atoms. The van der Waals surface area contributed by atoms with Crippen molar-refractivity contribution in [2.24, 2.45) is 0 Å². The molecule has 93 valence electrons. The third-order valence-electron chi connectivity index (χ3n) is 3.59. The Balaban J connectivity index is 3.06. The van der Waals surface area contributed by atoms with Crippen molar-refractivity contribution in [3.8, 4) is 0 Å². The van der Waals surface area contributed by atoms with Crippen LogP contribution in [0.2, 0.25) is 4.73 Å². The third kappa shape index (κ3) is 2.20. The van der Waals surface area contributed by atoms with E-state index in [1.165, 1.54) is 3.88 Å². The summed E-state index contributed by atoms with van der Waals surface area (Å²) in [6.45, 7) is 2.17. The molecule has 0 spiro atoms. The van der Waals surface area contributed by atoms with E-state index in [2.05, 4.69) is 25.2 Å². The fourth-order valence-electron chi connectivity index (χ4n) is 2.40. The first-order valence-electron chi connectivity index (χ1n) is 5.86. The zero-order valence-corrected chi connectivity index (χ0v) is 12.3. The first kappa shape index (κ1) is 14.1. The molecule has 0 fully saturated rings. The summed E-state index contributed by atoms with van der Waals surface area (Å²) in [4.78, 5) is 0. The van der Waals surface area contributed by atoms with Crippen molar-refractivity contribution < 1.29 is 26.4 Å². The zero-order valence-electron chi connectivity index (χ0n) is 10.8. The Bertz CT molecular complexity index is 282. The van der Waals surface area contributed by atoms with Gasteiger partial charge in [-0.3, -0.25) is 0 Å². The molecule has 4 heteroatoms. The van der Waals surface area contributed by atoms with Gasteiger partial charge in [-0.15, -0.1) is 0 Å². The molecule has 1 aliphatic carbocycles. The Morgan fingerprint density at radius 1 is 1.19 bits per heavy atom. The Morgan fingerprint density at radius 3 is 2.19 bits per heavy atom. The van der Waals surface area contributed by atoms with Crippen LogP contribution in [0.5, 0.6) is 0 Å². The monoisotopic (exact) mass is 263 g/mol. The normalized spacial score (nSPS) is 18.2. The summed E-state index contributed by atoms with van der Waals surface area (Å²) in [7, 11) is 5.16. The van der Waals surface area contributed by atoms with Gasteiger partial charge in [0.15, 0.2) is 0 Å². The minimum absolute atomic E-state index is 0.894. The third-order valence-corrected chi connectivity index (χ3v) is 11.9. The number of hydrogen-bond donors (Lipinski definition) is 0. The Hall–Kier alpha value is 0.0743. The van der Waals surface area contributed by atoms with E-state index in [-0.39, 0.29) is 0 Å². The summed E-state index contributed by atoms with van der Waals surface area (Å²) in [5.74, 6) is 0. The fraction of sp³-hybridized carbons (Fsp3) is 0.667. The van der Waals surface area contributed by atoms with E-state index in [0.717, 1.165) is 24.0 Å². The second-order valence-corrected chi connectivity index (χ2v) is 11.5. The van der Waals surface area contributed by atoms with Crippen molar-refractivity contribution in [2.75, 3.05) is 21.3 Å². The Kier molecular flexibility index (Phi) is 4.96. The Labute approximate surface area is 101 Å². The SMILES string of the molecule is CCC[CH2][Ti]([O]C)([O]C)([O]C)[C]1=CC=CC1. The van der Waals surface area contributed by atoms with Crippen molar-refractivity contribution in [1.82, 2.24) is 0 Å². The number of rotatable bonds is 7. The molecule has 1 aliphatic rings. The van der Waals surface area contributed by atoms with Gasteiger partial charge in [0, 0.05) is 0 Å². The quantitative estimate of drug-likeness (QED) is 0.659. The van der Waals surface area contributed by atoms with Crippen LogP contribution >= 0.6 is 0 Å². The molecule has 0 aromatic heterocycles. The molecule has 1 rings (SSSR count). The van der Waals surface area contributed by atoms with Crippen LogP contribution in [-0.2, 0) is 26.4 Å². The first-order valence-corrected chi connectivity index (χ1v) is 9.66. The number of unbranched alkanes of at least 4 members (excludes halogenated alkanes) is 1. The van der Waals surface area contributed by atoms with Crippen LogP contribution in [0.4, 0.5) is 0 Å². The van der Waals surface area contributed by atoms with E-state index in [1.54, 1.807) is 21.3 Å². The molecular formula is C12H23O3Ti. The van der Waals surface area contributed by atoms with Gasteiger partial charge in [-0.1, -0.05) is 0 Å². The van der Waals surface area contributed by atoms with E-state index < -0.39 is 16.5 Å². The molecule has 0 saturated heterocycles. The van der Waals surface area contributed by atoms with E-state index in [4.69, 9.17) is 9.96 Å². The van der Waals surface area contributed by atoms with Crippen molar-refractivity contribution in [1.29, 1.82) is 0 Å². The van der Waals surface area contributed by atoms with Gasteiger partial charge in [0.05, 0.1) is 0 Å². The van der Waals surface area contributed by atoms with Gasteiger partial charge in [-0.05, 0) is 0 Å². The summed E-state index contributed by atoms with van der Waals surface area (Å²) in [5, 5.41) is 0. The zero-order chi connectivity index (χ0) is 12.1. The van der Waals surface area contributed by atoms with E-state index >= 15 is 0 Å². The number of allylic oxidation sites excluding steroid dienone is 4. The van der Waals surface area contributed by atoms with Crippen LogP contribution in [-0.4, -0.2) is 21.3 Å². The second-order valence-electron chi connectivity index (χ2n) is 4.21. The standard InChI is InChI=1S/C5H5.C4H9.3CH3O.Ti/c1-2-4-5-3-1;1-3-4-2;3*1-2;/h1-3H,4H2;1,3-4H2,2H3;3*1H3;/q;;3*-1;+3. The maximum atomic E-state index is 5.85. The average Bonchev–Trinajstić information content (AvgIpc) is 2.88.